The van der Waals surface area contributed by atoms with E-state index in [9.17, 15) is 24.3 Å². The second kappa shape index (κ2) is 29.0. The molecule has 0 aromatic carbocycles. The molecule has 336 valence electrons. The predicted octanol–water partition coefficient (Wildman–Crippen LogP) is 5.80. The predicted molar refractivity (Wildman–Crippen MR) is 223 cm³/mol. The average molecular weight is 818 g/mol. The Morgan fingerprint density at radius 1 is 0.368 bits per heavy atom. The molecule has 0 saturated carbocycles. The molecule has 0 aliphatic carbocycles. The Morgan fingerprint density at radius 3 is 0.789 bits per heavy atom. The van der Waals surface area contributed by atoms with Crippen LogP contribution < -0.4 is 0 Å². The van der Waals surface area contributed by atoms with E-state index in [0.717, 1.165) is 45.3 Å². The summed E-state index contributed by atoms with van der Waals surface area (Å²) in [5.41, 5.74) is -2.18. The van der Waals surface area contributed by atoms with Crippen LogP contribution in [0.5, 0.6) is 0 Å². The zero-order chi connectivity index (χ0) is 43.5. The van der Waals surface area contributed by atoms with E-state index in [1.54, 1.807) is 0 Å². The van der Waals surface area contributed by atoms with Gasteiger partial charge in [-0.15, -0.1) is 0 Å². The Morgan fingerprint density at radius 2 is 0.579 bits per heavy atom. The van der Waals surface area contributed by atoms with Crippen molar-refractivity contribution in [2.75, 3.05) is 91.9 Å². The molecule has 0 bridgehead atoms. The molecule has 0 aromatic rings. The number of nitrogens with zero attached hydrogens (tertiary/aromatic N) is 3. The molecule has 0 atom stereocenters. The zero-order valence-electron chi connectivity index (χ0n) is 38.1. The molecule has 0 aromatic heterocycles. The van der Waals surface area contributed by atoms with E-state index >= 15 is 0 Å². The van der Waals surface area contributed by atoms with Crippen LogP contribution in [0.2, 0.25) is 0 Å². The fraction of sp³-hybridized carbons (Fsp3) is 0.907. The smallest absolute Gasteiger partial charge is 0.307 e. The molecular weight excluding hydrogens is 734 g/mol. The highest BCUT2D eigenvalue weighted by Crippen LogP contribution is 2.13. The van der Waals surface area contributed by atoms with Crippen molar-refractivity contribution in [2.24, 2.45) is 0 Å². The molecule has 0 amide bonds. The number of aliphatic hydroxyl groups excluding tert-OH is 1. The van der Waals surface area contributed by atoms with E-state index in [1.165, 1.54) is 0 Å². The Kier molecular flexibility index (Phi) is 27.8. The van der Waals surface area contributed by atoms with Crippen LogP contribution in [-0.4, -0.2) is 158 Å². The number of hydrogen-bond acceptors (Lipinski definition) is 14. The molecule has 57 heavy (non-hydrogen) atoms. The standard InChI is InChI=1S/C43H83N3O11/c1-40(2,3)54-36(48)18-27-45(28-19-37(49)55-41(4,5)6)25-16-34-52-32-14-23-44(22-13-31-47)24-15-33-53-35-17-26-46(29-20-38(50)56-42(7,8)9)30-21-39(51)57-43(10,11)12/h47H,13-35H2,1-12H3. The molecule has 14 heteroatoms. The second-order valence-electron chi connectivity index (χ2n) is 18.6. The number of hydrogen-bond donors (Lipinski definition) is 1. The van der Waals surface area contributed by atoms with Crippen LogP contribution in [0.25, 0.3) is 0 Å². The first-order valence-electron chi connectivity index (χ1n) is 21.2. The number of ether oxygens (including phenoxy) is 6. The third-order valence-electron chi connectivity index (χ3n) is 7.89. The van der Waals surface area contributed by atoms with Crippen molar-refractivity contribution in [2.45, 2.75) is 163 Å². The normalized spacial score (nSPS) is 12.7. The van der Waals surface area contributed by atoms with Gasteiger partial charge in [0, 0.05) is 91.9 Å². The van der Waals surface area contributed by atoms with Gasteiger partial charge in [0.1, 0.15) is 22.4 Å². The van der Waals surface area contributed by atoms with Gasteiger partial charge in [0.25, 0.3) is 0 Å². The molecule has 0 saturated heterocycles. The lowest BCUT2D eigenvalue weighted by Crippen LogP contribution is -2.33. The molecule has 0 aliphatic heterocycles. The highest BCUT2D eigenvalue weighted by molar-refractivity contribution is 5.71. The summed E-state index contributed by atoms with van der Waals surface area (Å²) in [6.45, 7) is 30.5. The fourth-order valence-electron chi connectivity index (χ4n) is 5.63. The maximum atomic E-state index is 12.3. The molecule has 0 unspecified atom stereocenters. The molecule has 0 fully saturated rings. The average Bonchev–Trinajstić information content (AvgIpc) is 3.04. The highest BCUT2D eigenvalue weighted by Gasteiger charge is 2.21. The molecule has 0 heterocycles. The van der Waals surface area contributed by atoms with E-state index in [4.69, 9.17) is 28.4 Å². The van der Waals surface area contributed by atoms with Gasteiger partial charge in [-0.1, -0.05) is 0 Å². The lowest BCUT2D eigenvalue weighted by molar-refractivity contribution is -0.157. The number of aliphatic hydroxyl groups is 1. The van der Waals surface area contributed by atoms with Crippen LogP contribution >= 0.6 is 0 Å². The third kappa shape index (κ3) is 37.6. The lowest BCUT2D eigenvalue weighted by atomic mass is 10.2. The SMILES string of the molecule is CC(C)(C)OC(=O)CCN(CCCOCCCN(CCCO)CCCOCCCN(CCC(=O)OC(C)(C)C)CCC(=O)OC(C)(C)C)CCC(=O)OC(C)(C)C. The van der Waals surface area contributed by atoms with Crippen LogP contribution in [0, 0.1) is 0 Å². The Balaban J connectivity index is 4.65. The van der Waals surface area contributed by atoms with Gasteiger partial charge in [0.05, 0.1) is 25.7 Å². The van der Waals surface area contributed by atoms with Crippen molar-refractivity contribution in [3.8, 4) is 0 Å². The van der Waals surface area contributed by atoms with Crippen molar-refractivity contribution < 1.29 is 52.7 Å². The molecule has 14 nitrogen and oxygen atoms in total. The number of rotatable bonds is 31. The minimum Gasteiger partial charge on any atom is -0.460 e. The van der Waals surface area contributed by atoms with Gasteiger partial charge < -0.3 is 48.2 Å². The Labute approximate surface area is 345 Å². The number of carbonyl (C=O) groups excluding carboxylic acids is 4. The largest absolute Gasteiger partial charge is 0.460 e. The summed E-state index contributed by atoms with van der Waals surface area (Å²) >= 11 is 0. The van der Waals surface area contributed by atoms with E-state index in [0.29, 0.717) is 72.1 Å². The van der Waals surface area contributed by atoms with Crippen molar-refractivity contribution in [1.29, 1.82) is 0 Å². The lowest BCUT2D eigenvalue weighted by Gasteiger charge is -2.25. The Bertz CT molecular complexity index is 962. The minimum atomic E-state index is -0.544. The van der Waals surface area contributed by atoms with Gasteiger partial charge in [0.15, 0.2) is 0 Å². The van der Waals surface area contributed by atoms with Crippen molar-refractivity contribution in [3.63, 3.8) is 0 Å². The van der Waals surface area contributed by atoms with Crippen molar-refractivity contribution in [1.82, 2.24) is 14.7 Å². The second-order valence-corrected chi connectivity index (χ2v) is 18.6. The van der Waals surface area contributed by atoms with Gasteiger partial charge >= 0.3 is 23.9 Å². The molecule has 1 N–H and O–H groups in total. The van der Waals surface area contributed by atoms with Gasteiger partial charge in [-0.2, -0.15) is 0 Å². The zero-order valence-corrected chi connectivity index (χ0v) is 38.1. The number of esters is 4. The maximum absolute atomic E-state index is 12.3. The monoisotopic (exact) mass is 818 g/mol. The van der Waals surface area contributed by atoms with Crippen molar-refractivity contribution in [3.05, 3.63) is 0 Å². The van der Waals surface area contributed by atoms with Crippen LogP contribution in [0.4, 0.5) is 0 Å². The Hall–Kier alpha value is -2.36. The third-order valence-corrected chi connectivity index (χ3v) is 7.89. The summed E-state index contributed by atoms with van der Waals surface area (Å²) in [4.78, 5) is 55.8. The van der Waals surface area contributed by atoms with Crippen LogP contribution in [-0.2, 0) is 47.6 Å². The van der Waals surface area contributed by atoms with E-state index in [-0.39, 0.29) is 56.2 Å². The van der Waals surface area contributed by atoms with E-state index in [1.807, 2.05) is 83.1 Å². The van der Waals surface area contributed by atoms with E-state index < -0.39 is 22.4 Å². The first-order valence-corrected chi connectivity index (χ1v) is 21.2. The van der Waals surface area contributed by atoms with Gasteiger partial charge in [0.2, 0.25) is 0 Å². The summed E-state index contributed by atoms with van der Waals surface area (Å²) in [5, 5.41) is 9.43. The van der Waals surface area contributed by atoms with Crippen LogP contribution in [0.1, 0.15) is 141 Å². The topological polar surface area (TPSA) is 154 Å². The minimum absolute atomic E-state index is 0.139. The molecule has 0 radical (unpaired) electrons. The molecular formula is C43H83N3O11. The quantitative estimate of drug-likeness (QED) is 0.0510. The van der Waals surface area contributed by atoms with Crippen LogP contribution in [0.15, 0.2) is 0 Å². The fourth-order valence-corrected chi connectivity index (χ4v) is 5.63. The summed E-state index contributed by atoms with van der Waals surface area (Å²) < 4.78 is 33.7. The first-order chi connectivity index (χ1) is 26.4. The summed E-state index contributed by atoms with van der Waals surface area (Å²) in [6, 6.07) is 0. The summed E-state index contributed by atoms with van der Waals surface area (Å²) in [6.07, 6.45) is 4.92. The summed E-state index contributed by atoms with van der Waals surface area (Å²) in [5.74, 6) is -1.05. The van der Waals surface area contributed by atoms with Gasteiger partial charge in [-0.05, 0) is 115 Å². The first kappa shape index (κ1) is 54.6. The molecule has 0 rings (SSSR count). The molecule has 0 aliphatic rings. The number of carbonyl (C=O) groups is 4. The van der Waals surface area contributed by atoms with E-state index in [2.05, 4.69) is 14.7 Å². The summed E-state index contributed by atoms with van der Waals surface area (Å²) in [7, 11) is 0. The van der Waals surface area contributed by atoms with Gasteiger partial charge in [-0.25, -0.2) is 0 Å². The van der Waals surface area contributed by atoms with Gasteiger partial charge in [-0.3, -0.25) is 19.2 Å². The molecule has 0 spiro atoms. The highest BCUT2D eigenvalue weighted by atomic mass is 16.6. The van der Waals surface area contributed by atoms with Crippen LogP contribution in [0.3, 0.4) is 0 Å². The maximum Gasteiger partial charge on any atom is 0.307 e. The van der Waals surface area contributed by atoms with Crippen molar-refractivity contribution >= 4 is 23.9 Å².